The molecule has 1 unspecified atom stereocenters. The Morgan fingerprint density at radius 3 is 2.53 bits per heavy atom. The first-order valence-corrected chi connectivity index (χ1v) is 10.1. The summed E-state index contributed by atoms with van der Waals surface area (Å²) in [5, 5.41) is 0. The molecule has 0 spiro atoms. The normalized spacial score (nSPS) is 21.3. The molecule has 2 aromatic carbocycles. The molecule has 0 aliphatic carbocycles. The van der Waals surface area contributed by atoms with Gasteiger partial charge < -0.3 is 15.2 Å². The van der Waals surface area contributed by atoms with E-state index in [0.717, 1.165) is 37.5 Å². The van der Waals surface area contributed by atoms with Crippen LogP contribution in [0.4, 0.5) is 13.2 Å². The van der Waals surface area contributed by atoms with Crippen molar-refractivity contribution in [3.05, 3.63) is 64.7 Å². The van der Waals surface area contributed by atoms with E-state index < -0.39 is 29.4 Å². The number of carbonyl (C=O) groups excluding carboxylic acids is 1. The van der Waals surface area contributed by atoms with Gasteiger partial charge in [0, 0.05) is 49.6 Å². The summed E-state index contributed by atoms with van der Waals surface area (Å²) in [6.07, 6.45) is 2.34. The van der Waals surface area contributed by atoms with Crippen molar-refractivity contribution >= 4 is 16.9 Å². The average Bonchev–Trinajstić information content (AvgIpc) is 3.37. The van der Waals surface area contributed by atoms with Gasteiger partial charge in [-0.1, -0.05) is 0 Å². The SMILES string of the molecule is NC1Cn2c(nc3cc(C(=O)N4CCCC4)ccc32)C[C@@H]1c1cc(F)c(F)cc1F. The molecule has 1 aromatic heterocycles. The van der Waals surface area contributed by atoms with Gasteiger partial charge >= 0.3 is 0 Å². The summed E-state index contributed by atoms with van der Waals surface area (Å²) in [6, 6.07) is 6.40. The molecule has 156 valence electrons. The lowest BCUT2D eigenvalue weighted by molar-refractivity contribution is 0.0793. The fourth-order valence-corrected chi connectivity index (χ4v) is 4.62. The number of imidazole rings is 1. The Morgan fingerprint density at radius 2 is 1.77 bits per heavy atom. The fraction of sp³-hybridized carbons (Fsp3) is 0.364. The smallest absolute Gasteiger partial charge is 0.253 e. The van der Waals surface area contributed by atoms with Gasteiger partial charge in [0.1, 0.15) is 11.6 Å². The van der Waals surface area contributed by atoms with Crippen LogP contribution < -0.4 is 5.73 Å². The van der Waals surface area contributed by atoms with Crippen LogP contribution in [-0.4, -0.2) is 39.5 Å². The average molecular weight is 414 g/mol. The van der Waals surface area contributed by atoms with Gasteiger partial charge in [0.25, 0.3) is 5.91 Å². The number of nitrogens with zero attached hydrogens (tertiary/aromatic N) is 3. The van der Waals surface area contributed by atoms with Crippen molar-refractivity contribution in [3.63, 3.8) is 0 Å². The van der Waals surface area contributed by atoms with E-state index in [2.05, 4.69) is 4.98 Å². The lowest BCUT2D eigenvalue weighted by Gasteiger charge is -2.30. The maximum atomic E-state index is 14.3. The van der Waals surface area contributed by atoms with Crippen LogP contribution in [0.5, 0.6) is 0 Å². The molecule has 2 atom stereocenters. The molecule has 5 rings (SSSR count). The minimum Gasteiger partial charge on any atom is -0.339 e. The van der Waals surface area contributed by atoms with Gasteiger partial charge in [0.2, 0.25) is 0 Å². The molecule has 1 fully saturated rings. The molecule has 0 saturated carbocycles. The number of amides is 1. The number of rotatable bonds is 2. The Bertz CT molecular complexity index is 1150. The van der Waals surface area contributed by atoms with E-state index >= 15 is 0 Å². The predicted molar refractivity (Wildman–Crippen MR) is 106 cm³/mol. The minimum atomic E-state index is -1.22. The molecule has 0 radical (unpaired) electrons. The lowest BCUT2D eigenvalue weighted by atomic mass is 9.86. The molecule has 2 aliphatic rings. The number of hydrogen-bond acceptors (Lipinski definition) is 3. The number of aromatic nitrogens is 2. The van der Waals surface area contributed by atoms with Crippen LogP contribution in [0, 0.1) is 17.5 Å². The largest absolute Gasteiger partial charge is 0.339 e. The Labute approximate surface area is 171 Å². The molecule has 30 heavy (non-hydrogen) atoms. The number of nitrogens with two attached hydrogens (primary N) is 1. The number of carbonyl (C=O) groups is 1. The lowest BCUT2D eigenvalue weighted by Crippen LogP contribution is -2.39. The van der Waals surface area contributed by atoms with Crippen LogP contribution >= 0.6 is 0 Å². The number of halogens is 3. The molecule has 5 nitrogen and oxygen atoms in total. The van der Waals surface area contributed by atoms with E-state index in [4.69, 9.17) is 5.73 Å². The van der Waals surface area contributed by atoms with Crippen molar-refractivity contribution in [2.24, 2.45) is 5.73 Å². The van der Waals surface area contributed by atoms with Gasteiger partial charge in [0.05, 0.1) is 11.0 Å². The first kappa shape index (κ1) is 19.1. The highest BCUT2D eigenvalue weighted by atomic mass is 19.2. The summed E-state index contributed by atoms with van der Waals surface area (Å²) in [6.45, 7) is 1.91. The molecule has 2 N–H and O–H groups in total. The van der Waals surface area contributed by atoms with Crippen LogP contribution in [0.25, 0.3) is 11.0 Å². The molecule has 8 heteroatoms. The van der Waals surface area contributed by atoms with Crippen LogP contribution in [0.2, 0.25) is 0 Å². The fourth-order valence-electron chi connectivity index (χ4n) is 4.62. The molecule has 3 heterocycles. The summed E-state index contributed by atoms with van der Waals surface area (Å²) >= 11 is 0. The van der Waals surface area contributed by atoms with E-state index in [1.54, 1.807) is 12.1 Å². The highest BCUT2D eigenvalue weighted by Crippen LogP contribution is 2.33. The van der Waals surface area contributed by atoms with Crippen molar-refractivity contribution < 1.29 is 18.0 Å². The third kappa shape index (κ3) is 3.06. The van der Waals surface area contributed by atoms with Gasteiger partial charge in [-0.2, -0.15) is 0 Å². The topological polar surface area (TPSA) is 64.2 Å². The van der Waals surface area contributed by atoms with Crippen molar-refractivity contribution in [3.8, 4) is 0 Å². The van der Waals surface area contributed by atoms with Gasteiger partial charge in [-0.05, 0) is 42.7 Å². The number of benzene rings is 2. The molecule has 0 bridgehead atoms. The van der Waals surface area contributed by atoms with Gasteiger partial charge in [0.15, 0.2) is 11.6 Å². The van der Waals surface area contributed by atoms with Crippen molar-refractivity contribution in [2.45, 2.75) is 37.8 Å². The second-order valence-corrected chi connectivity index (χ2v) is 8.10. The van der Waals surface area contributed by atoms with Crippen LogP contribution in [0.1, 0.15) is 40.5 Å². The first-order chi connectivity index (χ1) is 14.4. The predicted octanol–water partition coefficient (Wildman–Crippen LogP) is 3.36. The van der Waals surface area contributed by atoms with Crippen molar-refractivity contribution in [2.75, 3.05) is 13.1 Å². The van der Waals surface area contributed by atoms with E-state index in [9.17, 15) is 18.0 Å². The van der Waals surface area contributed by atoms with Crippen LogP contribution in [-0.2, 0) is 13.0 Å². The third-order valence-corrected chi connectivity index (χ3v) is 6.22. The third-order valence-electron chi connectivity index (χ3n) is 6.22. The van der Waals surface area contributed by atoms with Crippen molar-refractivity contribution in [1.29, 1.82) is 0 Å². The Hall–Kier alpha value is -2.87. The van der Waals surface area contributed by atoms with Gasteiger partial charge in [-0.15, -0.1) is 0 Å². The highest BCUT2D eigenvalue weighted by Gasteiger charge is 2.32. The molecule has 2 aliphatic heterocycles. The molecular formula is C22H21F3N4O. The monoisotopic (exact) mass is 414 g/mol. The standard InChI is InChI=1S/C22H21F3N4O/c23-15-10-17(25)16(24)8-13(15)14-9-21-27-19-7-12(22(30)28-5-1-2-6-28)3-4-20(19)29(21)11-18(14)26/h3-4,7-8,10,14,18H,1-2,5-6,9,11,26H2/t14-,18?/m1/s1. The maximum absolute atomic E-state index is 14.3. The Balaban J connectivity index is 1.49. The zero-order valence-corrected chi connectivity index (χ0v) is 16.2. The van der Waals surface area contributed by atoms with E-state index in [1.165, 1.54) is 0 Å². The van der Waals surface area contributed by atoms with Crippen LogP contribution in [0.3, 0.4) is 0 Å². The number of fused-ring (bicyclic) bond motifs is 3. The molecule has 1 saturated heterocycles. The summed E-state index contributed by atoms with van der Waals surface area (Å²) in [4.78, 5) is 19.2. The van der Waals surface area contributed by atoms with Gasteiger partial charge in [-0.25, -0.2) is 18.2 Å². The van der Waals surface area contributed by atoms with Crippen LogP contribution in [0.15, 0.2) is 30.3 Å². The second kappa shape index (κ2) is 7.12. The summed E-state index contributed by atoms with van der Waals surface area (Å²) in [5.74, 6) is -2.95. The summed E-state index contributed by atoms with van der Waals surface area (Å²) in [7, 11) is 0. The summed E-state index contributed by atoms with van der Waals surface area (Å²) < 4.78 is 43.3. The van der Waals surface area contributed by atoms with E-state index in [1.807, 2.05) is 15.5 Å². The number of hydrogen-bond donors (Lipinski definition) is 1. The minimum absolute atomic E-state index is 0.00110. The van der Waals surface area contributed by atoms with E-state index in [-0.39, 0.29) is 11.5 Å². The summed E-state index contributed by atoms with van der Waals surface area (Å²) in [5.41, 5.74) is 8.48. The first-order valence-electron chi connectivity index (χ1n) is 10.1. The van der Waals surface area contributed by atoms with Gasteiger partial charge in [-0.3, -0.25) is 4.79 Å². The maximum Gasteiger partial charge on any atom is 0.253 e. The number of likely N-dealkylation sites (tertiary alicyclic amines) is 1. The second-order valence-electron chi connectivity index (χ2n) is 8.10. The van der Waals surface area contributed by atoms with E-state index in [0.29, 0.717) is 35.9 Å². The molecule has 1 amide bonds. The Morgan fingerprint density at radius 1 is 1.03 bits per heavy atom. The zero-order valence-electron chi connectivity index (χ0n) is 16.2. The van der Waals surface area contributed by atoms with Crippen molar-refractivity contribution in [1.82, 2.24) is 14.5 Å². The Kier molecular flexibility index (Phi) is 4.54. The molecule has 3 aromatic rings. The zero-order chi connectivity index (χ0) is 21.0. The highest BCUT2D eigenvalue weighted by molar-refractivity contribution is 5.97. The quantitative estimate of drug-likeness (QED) is 0.654. The molecular weight excluding hydrogens is 393 g/mol.